The molecule has 0 aliphatic carbocycles. The number of hydrogen-bond acceptors (Lipinski definition) is 4. The minimum atomic E-state index is -3.70. The Morgan fingerprint density at radius 2 is 1.87 bits per heavy atom. The van der Waals surface area contributed by atoms with Crippen molar-refractivity contribution in [1.82, 2.24) is 9.62 Å². The zero-order valence-corrected chi connectivity index (χ0v) is 18.2. The highest BCUT2D eigenvalue weighted by Gasteiger charge is 2.32. The van der Waals surface area contributed by atoms with Gasteiger partial charge in [-0.1, -0.05) is 30.3 Å². The lowest BCUT2D eigenvalue weighted by Crippen LogP contribution is -2.48. The molecule has 2 heterocycles. The van der Waals surface area contributed by atoms with Gasteiger partial charge in [0.25, 0.3) is 10.0 Å². The maximum Gasteiger partial charge on any atom is 0.322 e. The molecule has 0 saturated carbocycles. The molecule has 158 valence electrons. The second kappa shape index (κ2) is 7.43. The van der Waals surface area contributed by atoms with E-state index in [0.717, 1.165) is 16.8 Å². The number of amides is 2. The van der Waals surface area contributed by atoms with Gasteiger partial charge in [0, 0.05) is 17.8 Å². The quantitative estimate of drug-likeness (QED) is 0.817. The van der Waals surface area contributed by atoms with Crippen molar-refractivity contribution >= 4 is 28.1 Å². The average molecular weight is 427 g/mol. The third-order valence-corrected chi connectivity index (χ3v) is 6.90. The van der Waals surface area contributed by atoms with Crippen LogP contribution in [0.2, 0.25) is 0 Å². The van der Waals surface area contributed by atoms with Crippen molar-refractivity contribution in [2.45, 2.75) is 43.7 Å². The number of urea groups is 1. The molecule has 1 N–H and O–H groups in total. The smallest absolute Gasteiger partial charge is 0.322 e. The Morgan fingerprint density at radius 3 is 2.57 bits per heavy atom. The molecule has 0 fully saturated rings. The maximum absolute atomic E-state index is 13.2. The largest absolute Gasteiger partial charge is 0.333 e. The van der Waals surface area contributed by atoms with Crippen LogP contribution >= 0.6 is 0 Å². The topological polar surface area (TPSA) is 82.1 Å². The summed E-state index contributed by atoms with van der Waals surface area (Å²) in [6.45, 7) is 6.60. The highest BCUT2D eigenvalue weighted by atomic mass is 32.2. The van der Waals surface area contributed by atoms with Gasteiger partial charge in [-0.2, -0.15) is 0 Å². The monoisotopic (exact) mass is 426 g/mol. The molecule has 0 radical (unpaired) electrons. The summed E-state index contributed by atoms with van der Waals surface area (Å²) in [6.07, 6.45) is 2.03. The van der Waals surface area contributed by atoms with E-state index in [2.05, 4.69) is 10.3 Å². The van der Waals surface area contributed by atoms with Crippen LogP contribution in [0.25, 0.3) is 0 Å². The van der Waals surface area contributed by atoms with Gasteiger partial charge in [0.15, 0.2) is 0 Å². The molecule has 0 spiro atoms. The SMILES string of the molecule is CC(C)(C)NC(=O)N1CCc2cc(S(=O)(=O)N3C=NC(c4ccccc4)C3)ccc21. The molecule has 7 nitrogen and oxygen atoms in total. The van der Waals surface area contributed by atoms with E-state index in [1.807, 2.05) is 51.1 Å². The molecule has 1 atom stereocenters. The van der Waals surface area contributed by atoms with Crippen LogP contribution in [0.5, 0.6) is 0 Å². The molecule has 2 amide bonds. The first-order valence-corrected chi connectivity index (χ1v) is 11.4. The molecule has 2 aliphatic heterocycles. The van der Waals surface area contributed by atoms with E-state index in [4.69, 9.17) is 0 Å². The standard InChI is InChI=1S/C22H26N4O3S/c1-22(2,3)24-21(27)26-12-11-17-13-18(9-10-20(17)26)30(28,29)25-14-19(23-15-25)16-7-5-4-6-8-16/h4-10,13,15,19H,11-12,14H2,1-3H3,(H,24,27). The van der Waals surface area contributed by atoms with Gasteiger partial charge in [-0.25, -0.2) is 13.2 Å². The zero-order chi connectivity index (χ0) is 21.5. The number of benzene rings is 2. The summed E-state index contributed by atoms with van der Waals surface area (Å²) in [5.74, 6) is 0. The summed E-state index contributed by atoms with van der Waals surface area (Å²) in [5.41, 5.74) is 2.26. The van der Waals surface area contributed by atoms with Crippen molar-refractivity contribution in [2.24, 2.45) is 4.99 Å². The molecule has 2 aromatic carbocycles. The minimum Gasteiger partial charge on any atom is -0.333 e. The van der Waals surface area contributed by atoms with Crippen LogP contribution in [-0.2, 0) is 16.4 Å². The van der Waals surface area contributed by atoms with Crippen molar-refractivity contribution in [3.8, 4) is 0 Å². The normalized spacial score (nSPS) is 18.6. The second-order valence-corrected chi connectivity index (χ2v) is 10.5. The van der Waals surface area contributed by atoms with E-state index < -0.39 is 10.0 Å². The number of rotatable bonds is 3. The maximum atomic E-state index is 13.2. The fraction of sp³-hybridized carbons (Fsp3) is 0.364. The molecule has 2 aliphatic rings. The third-order valence-electron chi connectivity index (χ3n) is 5.19. The first-order valence-electron chi connectivity index (χ1n) is 9.98. The number of carbonyl (C=O) groups is 1. The van der Waals surface area contributed by atoms with Gasteiger partial charge in [-0.15, -0.1) is 0 Å². The van der Waals surface area contributed by atoms with E-state index in [1.54, 1.807) is 23.1 Å². The van der Waals surface area contributed by atoms with Gasteiger partial charge in [0.1, 0.15) is 6.34 Å². The van der Waals surface area contributed by atoms with Crippen molar-refractivity contribution in [3.63, 3.8) is 0 Å². The number of anilines is 1. The summed E-state index contributed by atoms with van der Waals surface area (Å²) in [7, 11) is -3.70. The van der Waals surface area contributed by atoms with Crippen molar-refractivity contribution < 1.29 is 13.2 Å². The predicted octanol–water partition coefficient (Wildman–Crippen LogP) is 3.33. The van der Waals surface area contributed by atoms with Crippen LogP contribution in [-0.4, -0.2) is 43.7 Å². The Hall–Kier alpha value is -2.87. The molecule has 0 saturated heterocycles. The Labute approximate surface area is 177 Å². The average Bonchev–Trinajstić information content (AvgIpc) is 3.34. The number of sulfonamides is 1. The van der Waals surface area contributed by atoms with Crippen LogP contribution < -0.4 is 10.2 Å². The van der Waals surface area contributed by atoms with Crippen molar-refractivity contribution in [2.75, 3.05) is 18.0 Å². The van der Waals surface area contributed by atoms with E-state index in [-0.39, 0.29) is 29.1 Å². The van der Waals surface area contributed by atoms with Gasteiger partial charge < -0.3 is 5.32 Å². The van der Waals surface area contributed by atoms with Crippen molar-refractivity contribution in [1.29, 1.82) is 0 Å². The summed E-state index contributed by atoms with van der Waals surface area (Å²) < 4.78 is 27.6. The summed E-state index contributed by atoms with van der Waals surface area (Å²) in [5, 5.41) is 2.96. The van der Waals surface area contributed by atoms with Crippen LogP contribution in [0.3, 0.4) is 0 Å². The first-order chi connectivity index (χ1) is 14.1. The zero-order valence-electron chi connectivity index (χ0n) is 17.4. The molecule has 8 heteroatoms. The number of carbonyl (C=O) groups excluding carboxylic acids is 1. The molecule has 0 bridgehead atoms. The van der Waals surface area contributed by atoms with E-state index in [9.17, 15) is 13.2 Å². The predicted molar refractivity (Wildman–Crippen MR) is 117 cm³/mol. The Morgan fingerprint density at radius 1 is 1.13 bits per heavy atom. The fourth-order valence-corrected chi connectivity index (χ4v) is 5.04. The van der Waals surface area contributed by atoms with Gasteiger partial charge in [-0.3, -0.25) is 14.2 Å². The third kappa shape index (κ3) is 3.92. The van der Waals surface area contributed by atoms with Gasteiger partial charge in [0.2, 0.25) is 0 Å². The fourth-order valence-electron chi connectivity index (χ4n) is 3.72. The Balaban J connectivity index is 1.53. The summed E-state index contributed by atoms with van der Waals surface area (Å²) in [4.78, 5) is 18.8. The first kappa shape index (κ1) is 20.4. The lowest BCUT2D eigenvalue weighted by molar-refractivity contribution is 0.238. The highest BCUT2D eigenvalue weighted by molar-refractivity contribution is 7.89. The molecule has 0 aromatic heterocycles. The molecular weight excluding hydrogens is 400 g/mol. The molecular formula is C22H26N4O3S. The lowest BCUT2D eigenvalue weighted by atomic mass is 10.1. The van der Waals surface area contributed by atoms with E-state index in [0.29, 0.717) is 13.0 Å². The number of nitrogens with one attached hydrogen (secondary N) is 1. The number of aliphatic imine (C=N–C) groups is 1. The van der Waals surface area contributed by atoms with Crippen LogP contribution in [0.15, 0.2) is 58.4 Å². The lowest BCUT2D eigenvalue weighted by Gasteiger charge is -2.26. The van der Waals surface area contributed by atoms with Crippen LogP contribution in [0.4, 0.5) is 10.5 Å². The number of hydrogen-bond donors (Lipinski definition) is 1. The van der Waals surface area contributed by atoms with E-state index >= 15 is 0 Å². The van der Waals surface area contributed by atoms with Gasteiger partial charge in [-0.05, 0) is 56.5 Å². The molecule has 2 aromatic rings. The summed E-state index contributed by atoms with van der Waals surface area (Å²) >= 11 is 0. The van der Waals surface area contributed by atoms with Gasteiger partial charge >= 0.3 is 6.03 Å². The molecule has 30 heavy (non-hydrogen) atoms. The minimum absolute atomic E-state index is 0.172. The number of nitrogens with zero attached hydrogens (tertiary/aromatic N) is 3. The number of fused-ring (bicyclic) bond motifs is 1. The van der Waals surface area contributed by atoms with Crippen LogP contribution in [0, 0.1) is 0 Å². The Kier molecular flexibility index (Phi) is 5.05. The van der Waals surface area contributed by atoms with Crippen LogP contribution in [0.1, 0.15) is 37.9 Å². The Bertz CT molecular complexity index is 1090. The second-order valence-electron chi connectivity index (χ2n) is 8.64. The molecule has 1 unspecified atom stereocenters. The van der Waals surface area contributed by atoms with E-state index in [1.165, 1.54) is 10.6 Å². The van der Waals surface area contributed by atoms with Gasteiger partial charge in [0.05, 0.1) is 17.5 Å². The van der Waals surface area contributed by atoms with Crippen molar-refractivity contribution in [3.05, 3.63) is 59.7 Å². The molecule has 4 rings (SSSR count). The highest BCUT2D eigenvalue weighted by Crippen LogP contribution is 2.33. The summed E-state index contributed by atoms with van der Waals surface area (Å²) in [6, 6.07) is 14.3.